The van der Waals surface area contributed by atoms with Crippen molar-refractivity contribution in [2.24, 2.45) is 11.1 Å². The molecule has 3 rings (SSSR count). The molecule has 30 heavy (non-hydrogen) atoms. The van der Waals surface area contributed by atoms with Crippen molar-refractivity contribution in [2.45, 2.75) is 30.2 Å². The number of hydrogen-bond donors (Lipinski definition) is 2. The first-order valence-corrected chi connectivity index (χ1v) is 10.9. The second-order valence-electron chi connectivity index (χ2n) is 6.94. The van der Waals surface area contributed by atoms with E-state index in [-0.39, 0.29) is 17.3 Å². The smallest absolute Gasteiger partial charge is 0.353 e. The van der Waals surface area contributed by atoms with Gasteiger partial charge in [-0.3, -0.25) is 19.8 Å². The van der Waals surface area contributed by atoms with Crippen LogP contribution in [0, 0.1) is 16.0 Å². The topological polar surface area (TPSA) is 134 Å². The summed E-state index contributed by atoms with van der Waals surface area (Å²) >= 11 is 2.38. The van der Waals surface area contributed by atoms with Crippen LogP contribution in [0.4, 0.5) is 5.69 Å². The fourth-order valence-corrected chi connectivity index (χ4v) is 5.09. The first-order valence-electron chi connectivity index (χ1n) is 9.03. The first-order chi connectivity index (χ1) is 14.3. The minimum absolute atomic E-state index is 0.0686. The third-order valence-electron chi connectivity index (χ3n) is 4.25. The number of para-hydroxylation sites is 1. The number of nitrogens with zero attached hydrogens (tertiary/aromatic N) is 3. The molecule has 0 spiro atoms. The van der Waals surface area contributed by atoms with E-state index in [0.29, 0.717) is 22.8 Å². The van der Waals surface area contributed by atoms with Gasteiger partial charge in [-0.2, -0.15) is 0 Å². The summed E-state index contributed by atoms with van der Waals surface area (Å²) in [6.07, 6.45) is 1.34. The number of rotatable bonds is 9. The van der Waals surface area contributed by atoms with E-state index in [0.717, 1.165) is 11.9 Å². The molecule has 1 aromatic rings. The second kappa shape index (κ2) is 9.49. The average molecular weight is 453 g/mol. The van der Waals surface area contributed by atoms with E-state index in [1.807, 2.05) is 13.8 Å². The molecule has 2 aliphatic heterocycles. The molecular weight excluding hydrogens is 432 g/mol. The van der Waals surface area contributed by atoms with E-state index >= 15 is 0 Å². The van der Waals surface area contributed by atoms with E-state index in [2.05, 4.69) is 9.88 Å². The number of carbonyl (C=O) groups is 2. The van der Waals surface area contributed by atoms with Gasteiger partial charge in [0.2, 0.25) is 5.91 Å². The van der Waals surface area contributed by atoms with E-state index in [1.165, 1.54) is 28.9 Å². The number of nitrogens with one attached hydrogen (secondary N) is 1. The van der Waals surface area contributed by atoms with Gasteiger partial charge < -0.3 is 9.94 Å². The molecule has 2 heterocycles. The Kier molecular flexibility index (Phi) is 7.00. The van der Waals surface area contributed by atoms with E-state index < -0.39 is 28.2 Å². The third-order valence-corrected chi connectivity index (χ3v) is 6.49. The van der Waals surface area contributed by atoms with Crippen LogP contribution in [0.15, 0.2) is 45.6 Å². The lowest BCUT2D eigenvalue weighted by molar-refractivity contribution is -0.387. The number of benzene rings is 1. The van der Waals surface area contributed by atoms with Gasteiger partial charge in [0.05, 0.1) is 11.1 Å². The monoisotopic (exact) mass is 452 g/mol. The maximum Gasteiger partial charge on any atom is 0.353 e. The number of hydrogen-bond acceptors (Lipinski definition) is 9. The van der Waals surface area contributed by atoms with E-state index in [1.54, 1.807) is 18.2 Å². The number of β-lactam (4-membered cyclic amide) rings is 1. The number of amides is 1. The Morgan fingerprint density at radius 3 is 2.93 bits per heavy atom. The fourth-order valence-electron chi connectivity index (χ4n) is 2.83. The third kappa shape index (κ3) is 4.60. The Hall–Kier alpha value is -2.57. The van der Waals surface area contributed by atoms with Crippen LogP contribution in [0.25, 0.3) is 0 Å². The largest absolute Gasteiger partial charge is 0.477 e. The van der Waals surface area contributed by atoms with Crippen LogP contribution >= 0.6 is 23.7 Å². The molecule has 12 heteroatoms. The molecule has 0 unspecified atom stereocenters. The van der Waals surface area contributed by atoms with Crippen molar-refractivity contribution in [1.82, 2.24) is 9.62 Å². The van der Waals surface area contributed by atoms with Crippen LogP contribution in [-0.2, 0) is 14.4 Å². The highest BCUT2D eigenvalue weighted by atomic mass is 32.2. The predicted octanol–water partition coefficient (Wildman–Crippen LogP) is 2.47. The number of oxime groups is 1. The van der Waals surface area contributed by atoms with Crippen molar-refractivity contribution < 1.29 is 24.5 Å². The molecule has 2 N–H and O–H groups in total. The molecule has 1 fully saturated rings. The normalized spacial score (nSPS) is 21.0. The molecule has 160 valence electrons. The summed E-state index contributed by atoms with van der Waals surface area (Å²) in [6.45, 7) is 4.33. The van der Waals surface area contributed by atoms with Crippen LogP contribution in [-0.4, -0.2) is 56.8 Å². The molecule has 0 aromatic heterocycles. The van der Waals surface area contributed by atoms with Crippen molar-refractivity contribution in [3.63, 3.8) is 0 Å². The van der Waals surface area contributed by atoms with Gasteiger partial charge in [-0.1, -0.05) is 31.1 Å². The molecule has 1 aromatic carbocycles. The zero-order valence-electron chi connectivity index (χ0n) is 16.2. The summed E-state index contributed by atoms with van der Waals surface area (Å²) in [5, 5.41) is 24.1. The maximum atomic E-state index is 12.6. The van der Waals surface area contributed by atoms with Crippen LogP contribution in [0.1, 0.15) is 13.8 Å². The highest BCUT2D eigenvalue weighted by molar-refractivity contribution is 8.00. The van der Waals surface area contributed by atoms with E-state index in [9.17, 15) is 24.8 Å². The van der Waals surface area contributed by atoms with Crippen molar-refractivity contribution in [2.75, 3.05) is 12.4 Å². The fraction of sp³-hybridized carbons (Fsp3) is 0.389. The Labute approximate surface area is 181 Å². The summed E-state index contributed by atoms with van der Waals surface area (Å²) in [5.41, 5.74) is 0.209. The quantitative estimate of drug-likeness (QED) is 0.190. The Morgan fingerprint density at radius 1 is 1.53 bits per heavy atom. The number of carboxylic acids is 1. The first kappa shape index (κ1) is 22.1. The summed E-state index contributed by atoms with van der Waals surface area (Å²) in [5.74, 6) is -1.01. The van der Waals surface area contributed by atoms with Gasteiger partial charge in [-0.15, -0.1) is 11.8 Å². The molecule has 2 aliphatic rings. The lowest BCUT2D eigenvalue weighted by atomic mass is 10.0. The van der Waals surface area contributed by atoms with Crippen molar-refractivity contribution in [3.8, 4) is 0 Å². The Bertz CT molecular complexity index is 920. The van der Waals surface area contributed by atoms with Crippen LogP contribution < -0.4 is 4.72 Å². The standard InChI is InChI=1S/C18H20N4O6S2/c1-10(2)8-28-19-7-11-9-29-17-14(16(23)21(17)15(11)18(24)25)20-30-13-6-4-3-5-12(13)22(26)27/h3-7,10,14,17,20H,8-9H2,1-2H3,(H,24,25)/t14-,17+/m1/s1. The molecule has 1 saturated heterocycles. The van der Waals surface area contributed by atoms with Crippen molar-refractivity contribution in [3.05, 3.63) is 45.6 Å². The lowest BCUT2D eigenvalue weighted by Gasteiger charge is -2.49. The van der Waals surface area contributed by atoms with Crippen molar-refractivity contribution >= 4 is 47.5 Å². The summed E-state index contributed by atoms with van der Waals surface area (Å²) < 4.78 is 2.95. The van der Waals surface area contributed by atoms with Gasteiger partial charge in [0.15, 0.2) is 0 Å². The molecule has 2 atom stereocenters. The van der Waals surface area contributed by atoms with Crippen LogP contribution in [0.2, 0.25) is 0 Å². The maximum absolute atomic E-state index is 12.6. The average Bonchev–Trinajstić information content (AvgIpc) is 2.70. The minimum Gasteiger partial charge on any atom is -0.477 e. The Balaban J connectivity index is 1.70. The zero-order valence-corrected chi connectivity index (χ0v) is 17.8. The number of nitro benzene ring substituents is 1. The number of carbonyl (C=O) groups excluding carboxylic acids is 1. The highest BCUT2D eigenvalue weighted by Crippen LogP contribution is 2.41. The van der Waals surface area contributed by atoms with Gasteiger partial charge in [-0.25, -0.2) is 9.52 Å². The summed E-state index contributed by atoms with van der Waals surface area (Å²) in [7, 11) is 0. The van der Waals surface area contributed by atoms with Gasteiger partial charge in [0.1, 0.15) is 28.6 Å². The second-order valence-corrected chi connectivity index (χ2v) is 8.92. The van der Waals surface area contributed by atoms with Crippen LogP contribution in [0.5, 0.6) is 0 Å². The summed E-state index contributed by atoms with van der Waals surface area (Å²) in [4.78, 5) is 41.8. The molecule has 10 nitrogen and oxygen atoms in total. The molecule has 0 aliphatic carbocycles. The SMILES string of the molecule is CC(C)CON=CC1=C(C(=O)O)N2C(=O)[C@@H](NSc3ccccc3[N+](=O)[O-])[C@@H]2SC1. The Morgan fingerprint density at radius 2 is 2.27 bits per heavy atom. The number of carboxylic acid groups (broad SMARTS) is 1. The lowest BCUT2D eigenvalue weighted by Crippen LogP contribution is -2.68. The molecule has 1 amide bonds. The van der Waals surface area contributed by atoms with Crippen molar-refractivity contribution in [1.29, 1.82) is 0 Å². The molecular formula is C18H20N4O6S2. The number of thioether (sulfide) groups is 1. The number of fused-ring (bicyclic) bond motifs is 1. The van der Waals surface area contributed by atoms with Gasteiger partial charge in [0, 0.05) is 17.4 Å². The summed E-state index contributed by atoms with van der Waals surface area (Å²) in [6, 6.07) is 5.53. The zero-order chi connectivity index (χ0) is 21.8. The van der Waals surface area contributed by atoms with Gasteiger partial charge in [-0.05, 0) is 23.9 Å². The molecule has 0 saturated carbocycles. The van der Waals surface area contributed by atoms with Gasteiger partial charge >= 0.3 is 5.97 Å². The molecule has 0 bridgehead atoms. The highest BCUT2D eigenvalue weighted by Gasteiger charge is 2.53. The number of nitro groups is 1. The number of aliphatic carboxylic acids is 1. The minimum atomic E-state index is -1.22. The van der Waals surface area contributed by atoms with Gasteiger partial charge in [0.25, 0.3) is 5.69 Å². The van der Waals surface area contributed by atoms with Crippen LogP contribution in [0.3, 0.4) is 0 Å². The van der Waals surface area contributed by atoms with E-state index in [4.69, 9.17) is 4.84 Å². The molecule has 0 radical (unpaired) electrons. The predicted molar refractivity (Wildman–Crippen MR) is 113 cm³/mol.